The van der Waals surface area contributed by atoms with Crippen molar-refractivity contribution in [3.63, 3.8) is 0 Å². The van der Waals surface area contributed by atoms with Gasteiger partial charge in [-0.25, -0.2) is 9.07 Å². The van der Waals surface area contributed by atoms with Crippen molar-refractivity contribution in [1.29, 1.82) is 0 Å². The molecular formula is C24H17FN4O. The van der Waals surface area contributed by atoms with E-state index in [2.05, 4.69) is 15.4 Å². The Morgan fingerprint density at radius 3 is 2.53 bits per heavy atom. The SMILES string of the molecule is Fc1ccccc1[C@H]1C2=C(Nc3ncnn31)c1ccccc1O[C@@H]2c1ccccc1. The average molecular weight is 396 g/mol. The second kappa shape index (κ2) is 6.56. The van der Waals surface area contributed by atoms with E-state index in [4.69, 9.17) is 4.74 Å². The lowest BCUT2D eigenvalue weighted by molar-refractivity contribution is 0.222. The predicted octanol–water partition coefficient (Wildman–Crippen LogP) is 4.98. The number of para-hydroxylation sites is 1. The van der Waals surface area contributed by atoms with Crippen LogP contribution < -0.4 is 10.1 Å². The lowest BCUT2D eigenvalue weighted by Crippen LogP contribution is -2.32. The molecule has 0 saturated heterocycles. The molecule has 5 nitrogen and oxygen atoms in total. The van der Waals surface area contributed by atoms with Crippen molar-refractivity contribution in [3.8, 4) is 5.75 Å². The van der Waals surface area contributed by atoms with Crippen LogP contribution in [0.3, 0.4) is 0 Å². The van der Waals surface area contributed by atoms with Crippen molar-refractivity contribution < 1.29 is 9.13 Å². The molecule has 146 valence electrons. The molecule has 4 aromatic rings. The summed E-state index contributed by atoms with van der Waals surface area (Å²) in [5.41, 5.74) is 4.24. The Morgan fingerprint density at radius 2 is 1.67 bits per heavy atom. The van der Waals surface area contributed by atoms with Crippen LogP contribution in [0.1, 0.15) is 28.8 Å². The molecule has 0 amide bonds. The third kappa shape index (κ3) is 2.47. The van der Waals surface area contributed by atoms with Crippen LogP contribution in [0.5, 0.6) is 5.75 Å². The number of ether oxygens (including phenoxy) is 1. The first-order chi connectivity index (χ1) is 14.8. The molecule has 0 saturated carbocycles. The molecule has 0 spiro atoms. The number of benzene rings is 3. The minimum atomic E-state index is -0.487. The van der Waals surface area contributed by atoms with E-state index < -0.39 is 12.1 Å². The Hall–Kier alpha value is -3.93. The van der Waals surface area contributed by atoms with E-state index >= 15 is 4.39 Å². The number of anilines is 1. The summed E-state index contributed by atoms with van der Waals surface area (Å²) in [6.45, 7) is 0. The highest BCUT2D eigenvalue weighted by atomic mass is 19.1. The minimum absolute atomic E-state index is 0.289. The van der Waals surface area contributed by atoms with Gasteiger partial charge in [-0.15, -0.1) is 0 Å². The van der Waals surface area contributed by atoms with E-state index in [1.54, 1.807) is 16.8 Å². The number of aromatic nitrogens is 3. The van der Waals surface area contributed by atoms with Crippen LogP contribution in [-0.4, -0.2) is 14.8 Å². The second-order valence-corrected chi connectivity index (χ2v) is 7.31. The molecule has 0 fully saturated rings. The van der Waals surface area contributed by atoms with Crippen LogP contribution >= 0.6 is 0 Å². The molecule has 0 bridgehead atoms. The van der Waals surface area contributed by atoms with Crippen molar-refractivity contribution in [2.45, 2.75) is 12.1 Å². The molecule has 6 rings (SSSR count). The van der Waals surface area contributed by atoms with Crippen molar-refractivity contribution in [1.82, 2.24) is 14.8 Å². The molecule has 0 radical (unpaired) electrons. The van der Waals surface area contributed by atoms with Gasteiger partial charge < -0.3 is 10.1 Å². The fourth-order valence-corrected chi connectivity index (χ4v) is 4.32. The van der Waals surface area contributed by atoms with Gasteiger partial charge in [-0.05, 0) is 23.8 Å². The number of rotatable bonds is 2. The summed E-state index contributed by atoms with van der Waals surface area (Å²) in [5.74, 6) is 1.06. The Morgan fingerprint density at radius 1 is 0.900 bits per heavy atom. The molecule has 3 heterocycles. The maximum absolute atomic E-state index is 15.0. The van der Waals surface area contributed by atoms with Crippen LogP contribution in [0.2, 0.25) is 0 Å². The second-order valence-electron chi connectivity index (χ2n) is 7.31. The smallest absolute Gasteiger partial charge is 0.226 e. The largest absolute Gasteiger partial charge is 0.480 e. The Balaban J connectivity index is 1.66. The van der Waals surface area contributed by atoms with Gasteiger partial charge in [0.15, 0.2) is 0 Å². The standard InChI is InChI=1S/C24H17FN4O/c25-18-12-6-4-10-16(18)22-20-21(28-24-26-14-27-29(22)24)17-11-5-7-13-19(17)30-23(20)15-8-2-1-3-9-15/h1-14,22-23H,(H,26,27,28)/t22-,23+/m0/s1. The Labute approximate surface area is 172 Å². The van der Waals surface area contributed by atoms with Gasteiger partial charge in [-0.3, -0.25) is 0 Å². The molecule has 2 atom stereocenters. The van der Waals surface area contributed by atoms with Crippen molar-refractivity contribution in [3.05, 3.63) is 113 Å². The quantitative estimate of drug-likeness (QED) is 0.519. The van der Waals surface area contributed by atoms with Crippen LogP contribution in [-0.2, 0) is 0 Å². The average Bonchev–Trinajstić information content (AvgIpc) is 3.27. The lowest BCUT2D eigenvalue weighted by atomic mass is 9.84. The van der Waals surface area contributed by atoms with Gasteiger partial charge in [0.05, 0.1) is 5.70 Å². The number of nitrogens with one attached hydrogen (secondary N) is 1. The summed E-state index contributed by atoms with van der Waals surface area (Å²) in [4.78, 5) is 4.37. The monoisotopic (exact) mass is 396 g/mol. The summed E-state index contributed by atoms with van der Waals surface area (Å²) in [5, 5.41) is 7.84. The topological polar surface area (TPSA) is 52.0 Å². The van der Waals surface area contributed by atoms with Crippen LogP contribution in [0.15, 0.2) is 90.8 Å². The third-order valence-electron chi connectivity index (χ3n) is 5.62. The highest BCUT2D eigenvalue weighted by Gasteiger charge is 2.41. The van der Waals surface area contributed by atoms with Gasteiger partial charge in [0, 0.05) is 16.7 Å². The molecule has 2 aliphatic rings. The number of fused-ring (bicyclic) bond motifs is 3. The summed E-state index contributed by atoms with van der Waals surface area (Å²) < 4.78 is 23.2. The van der Waals surface area contributed by atoms with Gasteiger partial charge in [-0.2, -0.15) is 10.1 Å². The molecule has 3 aromatic carbocycles. The normalized spacial score (nSPS) is 19.2. The maximum Gasteiger partial charge on any atom is 0.226 e. The molecule has 30 heavy (non-hydrogen) atoms. The molecule has 1 N–H and O–H groups in total. The van der Waals surface area contributed by atoms with Crippen molar-refractivity contribution >= 4 is 11.6 Å². The highest BCUT2D eigenvalue weighted by molar-refractivity contribution is 5.85. The fraction of sp³-hybridized carbons (Fsp3) is 0.0833. The van der Waals surface area contributed by atoms with E-state index in [0.717, 1.165) is 28.1 Å². The zero-order valence-corrected chi connectivity index (χ0v) is 15.9. The van der Waals surface area contributed by atoms with Gasteiger partial charge in [0.2, 0.25) is 5.95 Å². The predicted molar refractivity (Wildman–Crippen MR) is 111 cm³/mol. The van der Waals surface area contributed by atoms with E-state index in [0.29, 0.717) is 11.5 Å². The van der Waals surface area contributed by atoms with Gasteiger partial charge in [0.25, 0.3) is 0 Å². The third-order valence-corrected chi connectivity index (χ3v) is 5.62. The van der Waals surface area contributed by atoms with Gasteiger partial charge in [-0.1, -0.05) is 60.7 Å². The van der Waals surface area contributed by atoms with Crippen LogP contribution in [0.4, 0.5) is 10.3 Å². The maximum atomic E-state index is 15.0. The molecule has 1 aromatic heterocycles. The first-order valence-corrected chi connectivity index (χ1v) is 9.77. The Bertz CT molecular complexity index is 1280. The van der Waals surface area contributed by atoms with Gasteiger partial charge >= 0.3 is 0 Å². The molecule has 6 heteroatoms. The first kappa shape index (κ1) is 17.0. The summed E-state index contributed by atoms with van der Waals surface area (Å²) >= 11 is 0. The van der Waals surface area contributed by atoms with Crippen LogP contribution in [0.25, 0.3) is 5.70 Å². The Kier molecular flexibility index (Phi) is 3.71. The van der Waals surface area contributed by atoms with E-state index in [9.17, 15) is 0 Å². The summed E-state index contributed by atoms with van der Waals surface area (Å²) in [6.07, 6.45) is 1.09. The summed E-state index contributed by atoms with van der Waals surface area (Å²) in [7, 11) is 0. The molecular weight excluding hydrogens is 379 g/mol. The molecule has 0 unspecified atom stereocenters. The molecule has 2 aliphatic heterocycles. The van der Waals surface area contributed by atoms with Crippen LogP contribution in [0, 0.1) is 5.82 Å². The van der Waals surface area contributed by atoms with Crippen molar-refractivity contribution in [2.24, 2.45) is 0 Å². The fourth-order valence-electron chi connectivity index (χ4n) is 4.32. The highest BCUT2D eigenvalue weighted by Crippen LogP contribution is 2.50. The number of halogens is 1. The first-order valence-electron chi connectivity index (χ1n) is 9.77. The van der Waals surface area contributed by atoms with E-state index in [1.165, 1.54) is 12.4 Å². The van der Waals surface area contributed by atoms with E-state index in [-0.39, 0.29) is 5.82 Å². The van der Waals surface area contributed by atoms with Crippen molar-refractivity contribution in [2.75, 3.05) is 5.32 Å². The zero-order valence-electron chi connectivity index (χ0n) is 15.9. The van der Waals surface area contributed by atoms with Gasteiger partial charge in [0.1, 0.15) is 30.0 Å². The summed E-state index contributed by atoms with van der Waals surface area (Å²) in [6, 6.07) is 24.2. The lowest BCUT2D eigenvalue weighted by Gasteiger charge is -2.39. The number of nitrogens with zero attached hydrogens (tertiary/aromatic N) is 3. The number of hydrogen-bond donors (Lipinski definition) is 1. The molecule has 0 aliphatic carbocycles. The zero-order chi connectivity index (χ0) is 20.1. The number of hydrogen-bond acceptors (Lipinski definition) is 4. The van der Waals surface area contributed by atoms with E-state index in [1.807, 2.05) is 60.7 Å². The minimum Gasteiger partial charge on any atom is -0.480 e.